The van der Waals surface area contributed by atoms with Crippen LogP contribution in [0.3, 0.4) is 0 Å². The van der Waals surface area contributed by atoms with Crippen LogP contribution in [0.4, 0.5) is 0 Å². The van der Waals surface area contributed by atoms with E-state index < -0.39 is 12.1 Å². The molecular weight excluding hydrogens is 370 g/mol. The number of halogens is 1. The van der Waals surface area contributed by atoms with Gasteiger partial charge in [-0.2, -0.15) is 0 Å². The summed E-state index contributed by atoms with van der Waals surface area (Å²) in [5, 5.41) is 2.74. The van der Waals surface area contributed by atoms with Crippen molar-refractivity contribution < 1.29 is 14.3 Å². The SMILES string of the molecule is C[C@H](OC(=O)/C=C/c1ccccc1Br)C(=O)NCc1ccccc1. The fourth-order valence-electron chi connectivity index (χ4n) is 1.96. The van der Waals surface area contributed by atoms with E-state index in [0.717, 1.165) is 15.6 Å². The number of rotatable bonds is 6. The summed E-state index contributed by atoms with van der Waals surface area (Å²) in [5.74, 6) is -0.894. The van der Waals surface area contributed by atoms with E-state index >= 15 is 0 Å². The van der Waals surface area contributed by atoms with Gasteiger partial charge < -0.3 is 10.1 Å². The highest BCUT2D eigenvalue weighted by atomic mass is 79.9. The van der Waals surface area contributed by atoms with Crippen LogP contribution in [0, 0.1) is 0 Å². The van der Waals surface area contributed by atoms with E-state index in [-0.39, 0.29) is 5.91 Å². The van der Waals surface area contributed by atoms with E-state index in [9.17, 15) is 9.59 Å². The fraction of sp³-hybridized carbons (Fsp3) is 0.158. The molecular formula is C19H18BrNO3. The van der Waals surface area contributed by atoms with Crippen molar-refractivity contribution in [2.75, 3.05) is 0 Å². The number of carbonyl (C=O) groups is 2. The summed E-state index contributed by atoms with van der Waals surface area (Å²) in [6.07, 6.45) is 2.09. The quantitative estimate of drug-likeness (QED) is 0.606. The average Bonchev–Trinajstić information content (AvgIpc) is 2.59. The summed E-state index contributed by atoms with van der Waals surface area (Å²) < 4.78 is 5.99. The van der Waals surface area contributed by atoms with Crippen LogP contribution >= 0.6 is 15.9 Å². The largest absolute Gasteiger partial charge is 0.449 e. The molecule has 0 aromatic heterocycles. The first-order valence-electron chi connectivity index (χ1n) is 7.51. The summed E-state index contributed by atoms with van der Waals surface area (Å²) in [4.78, 5) is 23.8. The number of ether oxygens (including phenoxy) is 1. The molecule has 0 fully saturated rings. The standard InChI is InChI=1S/C19H18BrNO3/c1-14(19(23)21-13-15-7-3-2-4-8-15)24-18(22)12-11-16-9-5-6-10-17(16)20/h2-12,14H,13H2,1H3,(H,21,23)/b12-11+/t14-/m0/s1. The lowest BCUT2D eigenvalue weighted by Crippen LogP contribution is -2.35. The monoisotopic (exact) mass is 387 g/mol. The zero-order valence-corrected chi connectivity index (χ0v) is 14.8. The minimum atomic E-state index is -0.856. The number of hydrogen-bond donors (Lipinski definition) is 1. The summed E-state index contributed by atoms with van der Waals surface area (Å²) >= 11 is 3.40. The molecule has 1 N–H and O–H groups in total. The van der Waals surface area contributed by atoms with Gasteiger partial charge in [-0.05, 0) is 30.2 Å². The molecule has 24 heavy (non-hydrogen) atoms. The topological polar surface area (TPSA) is 55.4 Å². The van der Waals surface area contributed by atoms with E-state index in [0.29, 0.717) is 6.54 Å². The zero-order valence-electron chi connectivity index (χ0n) is 13.2. The second-order valence-corrected chi connectivity index (χ2v) is 5.99. The smallest absolute Gasteiger partial charge is 0.331 e. The Morgan fingerprint density at radius 3 is 2.50 bits per heavy atom. The van der Waals surface area contributed by atoms with Crippen molar-refractivity contribution in [3.63, 3.8) is 0 Å². The molecule has 5 heteroatoms. The second-order valence-electron chi connectivity index (χ2n) is 5.14. The maximum atomic E-state index is 12.0. The van der Waals surface area contributed by atoms with Gasteiger partial charge in [-0.15, -0.1) is 0 Å². The number of hydrogen-bond acceptors (Lipinski definition) is 3. The summed E-state index contributed by atoms with van der Waals surface area (Å²) in [6, 6.07) is 17.0. The van der Waals surface area contributed by atoms with Crippen LogP contribution in [-0.2, 0) is 20.9 Å². The van der Waals surface area contributed by atoms with Crippen LogP contribution < -0.4 is 5.32 Å². The van der Waals surface area contributed by atoms with Crippen LogP contribution in [0.15, 0.2) is 65.1 Å². The minimum absolute atomic E-state index is 0.332. The lowest BCUT2D eigenvalue weighted by molar-refractivity contribution is -0.150. The molecule has 0 unspecified atom stereocenters. The van der Waals surface area contributed by atoms with Crippen molar-refractivity contribution >= 4 is 33.9 Å². The summed E-state index contributed by atoms with van der Waals surface area (Å²) in [5.41, 5.74) is 1.84. The van der Waals surface area contributed by atoms with Crippen molar-refractivity contribution in [3.05, 3.63) is 76.3 Å². The molecule has 0 spiro atoms. The molecule has 0 aliphatic heterocycles. The predicted molar refractivity (Wildman–Crippen MR) is 97.0 cm³/mol. The molecule has 0 aliphatic carbocycles. The molecule has 0 saturated carbocycles. The molecule has 0 heterocycles. The maximum Gasteiger partial charge on any atom is 0.331 e. The van der Waals surface area contributed by atoms with Gasteiger partial charge in [0.05, 0.1) is 0 Å². The van der Waals surface area contributed by atoms with E-state index in [1.165, 1.54) is 6.08 Å². The molecule has 124 valence electrons. The molecule has 4 nitrogen and oxygen atoms in total. The Morgan fingerprint density at radius 1 is 1.12 bits per heavy atom. The molecule has 2 aromatic carbocycles. The maximum absolute atomic E-state index is 12.0. The molecule has 1 amide bonds. The third-order valence-electron chi connectivity index (χ3n) is 3.28. The second kappa shape index (κ2) is 9.03. The molecule has 0 bridgehead atoms. The van der Waals surface area contributed by atoms with Crippen molar-refractivity contribution in [1.82, 2.24) is 5.32 Å². The summed E-state index contributed by atoms with van der Waals surface area (Å²) in [6.45, 7) is 1.94. The molecule has 0 aliphatic rings. The number of amides is 1. The Morgan fingerprint density at radius 2 is 1.79 bits per heavy atom. The van der Waals surface area contributed by atoms with Gasteiger partial charge in [0.2, 0.25) is 0 Å². The van der Waals surface area contributed by atoms with Crippen LogP contribution in [0.2, 0.25) is 0 Å². The highest BCUT2D eigenvalue weighted by Crippen LogP contribution is 2.17. The summed E-state index contributed by atoms with van der Waals surface area (Å²) in [7, 11) is 0. The molecule has 0 radical (unpaired) electrons. The van der Waals surface area contributed by atoms with Crippen LogP contribution in [0.25, 0.3) is 6.08 Å². The molecule has 0 saturated heterocycles. The Hall–Kier alpha value is -2.40. The van der Waals surface area contributed by atoms with Crippen LogP contribution in [0.5, 0.6) is 0 Å². The van der Waals surface area contributed by atoms with Gasteiger partial charge in [0.15, 0.2) is 6.10 Å². The van der Waals surface area contributed by atoms with Gasteiger partial charge in [0.25, 0.3) is 5.91 Å². The van der Waals surface area contributed by atoms with E-state index in [2.05, 4.69) is 21.2 Å². The Labute approximate surface area is 149 Å². The van der Waals surface area contributed by atoms with E-state index in [1.54, 1.807) is 13.0 Å². The number of esters is 1. The third-order valence-corrected chi connectivity index (χ3v) is 4.00. The van der Waals surface area contributed by atoms with Crippen molar-refractivity contribution in [1.29, 1.82) is 0 Å². The number of carbonyl (C=O) groups excluding carboxylic acids is 2. The number of nitrogens with one attached hydrogen (secondary N) is 1. The van der Waals surface area contributed by atoms with Crippen molar-refractivity contribution in [2.24, 2.45) is 0 Å². The lowest BCUT2D eigenvalue weighted by atomic mass is 10.2. The molecule has 2 rings (SSSR count). The highest BCUT2D eigenvalue weighted by Gasteiger charge is 2.16. The Bertz CT molecular complexity index is 728. The van der Waals surface area contributed by atoms with Gasteiger partial charge in [0.1, 0.15) is 0 Å². The van der Waals surface area contributed by atoms with Gasteiger partial charge >= 0.3 is 5.97 Å². The first-order valence-corrected chi connectivity index (χ1v) is 8.30. The first kappa shape index (κ1) is 17.9. The van der Waals surface area contributed by atoms with Gasteiger partial charge in [-0.3, -0.25) is 4.79 Å². The van der Waals surface area contributed by atoms with Gasteiger partial charge in [-0.25, -0.2) is 4.79 Å². The highest BCUT2D eigenvalue weighted by molar-refractivity contribution is 9.10. The minimum Gasteiger partial charge on any atom is -0.449 e. The molecule has 1 atom stereocenters. The van der Waals surface area contributed by atoms with Gasteiger partial charge in [0, 0.05) is 17.1 Å². The van der Waals surface area contributed by atoms with E-state index in [4.69, 9.17) is 4.74 Å². The number of benzene rings is 2. The van der Waals surface area contributed by atoms with E-state index in [1.807, 2.05) is 54.6 Å². The fourth-order valence-corrected chi connectivity index (χ4v) is 2.38. The van der Waals surface area contributed by atoms with Crippen molar-refractivity contribution in [3.8, 4) is 0 Å². The average molecular weight is 388 g/mol. The van der Waals surface area contributed by atoms with Crippen LogP contribution in [0.1, 0.15) is 18.1 Å². The van der Waals surface area contributed by atoms with Gasteiger partial charge in [-0.1, -0.05) is 64.5 Å². The first-order chi connectivity index (χ1) is 11.6. The predicted octanol–water partition coefficient (Wildman–Crippen LogP) is 3.71. The third kappa shape index (κ3) is 5.66. The van der Waals surface area contributed by atoms with Crippen molar-refractivity contribution in [2.45, 2.75) is 19.6 Å². The lowest BCUT2D eigenvalue weighted by Gasteiger charge is -2.12. The normalized spacial score (nSPS) is 11.9. The molecule has 2 aromatic rings. The Kier molecular flexibility index (Phi) is 6.75. The zero-order chi connectivity index (χ0) is 17.4. The Balaban J connectivity index is 1.82. The van der Waals surface area contributed by atoms with Crippen LogP contribution in [-0.4, -0.2) is 18.0 Å².